The molecule has 4 heteroatoms. The van der Waals surface area contributed by atoms with Gasteiger partial charge >= 0.3 is 0 Å². The molecule has 106 valence electrons. The zero-order valence-electron chi connectivity index (χ0n) is 12.2. The van der Waals surface area contributed by atoms with E-state index >= 15 is 0 Å². The third kappa shape index (κ3) is 4.96. The van der Waals surface area contributed by atoms with Crippen LogP contribution in [0.3, 0.4) is 0 Å². The van der Waals surface area contributed by atoms with Gasteiger partial charge in [0, 0.05) is 18.1 Å². The molecule has 19 heavy (non-hydrogen) atoms. The summed E-state index contributed by atoms with van der Waals surface area (Å²) in [5.41, 5.74) is 7.87. The first-order chi connectivity index (χ1) is 8.75. The number of carbonyl (C=O) groups excluding carboxylic acids is 1. The van der Waals surface area contributed by atoms with Gasteiger partial charge in [-0.15, -0.1) is 0 Å². The lowest BCUT2D eigenvalue weighted by Gasteiger charge is -2.29. The topological polar surface area (TPSA) is 46.3 Å². The fourth-order valence-corrected chi connectivity index (χ4v) is 2.33. The summed E-state index contributed by atoms with van der Waals surface area (Å²) in [6.45, 7) is 7.41. The van der Waals surface area contributed by atoms with Crippen LogP contribution < -0.4 is 5.73 Å². The Balaban J connectivity index is 2.71. The highest BCUT2D eigenvalue weighted by Gasteiger charge is 2.21. The Morgan fingerprint density at radius 1 is 1.42 bits per heavy atom. The van der Waals surface area contributed by atoms with E-state index in [1.165, 1.54) is 0 Å². The van der Waals surface area contributed by atoms with Gasteiger partial charge in [0.2, 0.25) is 5.91 Å². The maximum absolute atomic E-state index is 12.2. The number of nitrogens with zero attached hydrogens (tertiary/aromatic N) is 1. The van der Waals surface area contributed by atoms with Gasteiger partial charge in [0.1, 0.15) is 0 Å². The lowest BCUT2D eigenvalue weighted by atomic mass is 9.93. The number of carbonyl (C=O) groups is 1. The molecule has 0 saturated heterocycles. The molecule has 0 aliphatic rings. The third-order valence-corrected chi connectivity index (χ3v) is 3.79. The highest BCUT2D eigenvalue weighted by atomic mass is 79.9. The number of nitrogens with two attached hydrogens (primary N) is 1. The lowest BCUT2D eigenvalue weighted by Crippen LogP contribution is -2.40. The van der Waals surface area contributed by atoms with Gasteiger partial charge in [-0.3, -0.25) is 4.79 Å². The van der Waals surface area contributed by atoms with Crippen LogP contribution in [0.2, 0.25) is 0 Å². The number of rotatable bonds is 5. The van der Waals surface area contributed by atoms with Crippen molar-refractivity contribution < 1.29 is 4.79 Å². The summed E-state index contributed by atoms with van der Waals surface area (Å²) < 4.78 is 1.01. The lowest BCUT2D eigenvalue weighted by molar-refractivity contribution is -0.130. The molecule has 0 radical (unpaired) electrons. The molecule has 0 unspecified atom stereocenters. The van der Waals surface area contributed by atoms with E-state index in [1.807, 2.05) is 32.2 Å². The molecule has 0 saturated carbocycles. The van der Waals surface area contributed by atoms with E-state index in [1.54, 1.807) is 4.90 Å². The molecule has 1 aromatic rings. The zero-order chi connectivity index (χ0) is 14.6. The van der Waals surface area contributed by atoms with Crippen molar-refractivity contribution in [3.63, 3.8) is 0 Å². The van der Waals surface area contributed by atoms with Gasteiger partial charge in [0.05, 0.1) is 6.42 Å². The minimum atomic E-state index is -0.0449. The van der Waals surface area contributed by atoms with Crippen molar-refractivity contribution in [1.82, 2.24) is 4.90 Å². The quantitative estimate of drug-likeness (QED) is 0.904. The molecule has 1 aromatic carbocycles. The molecule has 0 atom stereocenters. The largest absolute Gasteiger partial charge is 0.345 e. The number of benzene rings is 1. The summed E-state index contributed by atoms with van der Waals surface area (Å²) in [6.07, 6.45) is 0.433. The Hall–Kier alpha value is -0.870. The molecule has 2 N–H and O–H groups in total. The van der Waals surface area contributed by atoms with Gasteiger partial charge < -0.3 is 10.6 Å². The van der Waals surface area contributed by atoms with Crippen molar-refractivity contribution in [1.29, 1.82) is 0 Å². The highest BCUT2D eigenvalue weighted by Crippen LogP contribution is 2.18. The fourth-order valence-electron chi connectivity index (χ4n) is 1.92. The standard InChI is InChI=1S/C15H23BrN2O/c1-11-5-6-13(16)7-12(11)8-14(19)18(4)10-15(2,3)9-17/h5-7H,8-10,17H2,1-4H3. The summed E-state index contributed by atoms with van der Waals surface area (Å²) in [5, 5.41) is 0. The summed E-state index contributed by atoms with van der Waals surface area (Å²) >= 11 is 3.44. The molecular formula is C15H23BrN2O. The normalized spacial score (nSPS) is 11.5. The first-order valence-electron chi connectivity index (χ1n) is 6.44. The van der Waals surface area contributed by atoms with Crippen LogP contribution in [0, 0.1) is 12.3 Å². The van der Waals surface area contributed by atoms with Crippen molar-refractivity contribution in [2.45, 2.75) is 27.2 Å². The van der Waals surface area contributed by atoms with E-state index in [0.29, 0.717) is 19.5 Å². The van der Waals surface area contributed by atoms with Crippen LogP contribution in [-0.2, 0) is 11.2 Å². The summed E-state index contributed by atoms with van der Waals surface area (Å²) in [5.74, 6) is 0.128. The minimum Gasteiger partial charge on any atom is -0.345 e. The summed E-state index contributed by atoms with van der Waals surface area (Å²) in [4.78, 5) is 14.0. The molecule has 0 spiro atoms. The average Bonchev–Trinajstić information content (AvgIpc) is 2.33. The van der Waals surface area contributed by atoms with Gasteiger partial charge in [-0.05, 0) is 42.1 Å². The molecule has 0 aliphatic heterocycles. The van der Waals surface area contributed by atoms with Crippen LogP contribution in [0.15, 0.2) is 22.7 Å². The number of halogens is 1. The Morgan fingerprint density at radius 3 is 2.63 bits per heavy atom. The van der Waals surface area contributed by atoms with Gasteiger partial charge in [-0.2, -0.15) is 0 Å². The van der Waals surface area contributed by atoms with Crippen molar-refractivity contribution >= 4 is 21.8 Å². The van der Waals surface area contributed by atoms with E-state index in [2.05, 4.69) is 29.8 Å². The predicted molar refractivity (Wildman–Crippen MR) is 83.1 cm³/mol. The molecule has 1 amide bonds. The molecule has 0 heterocycles. The molecule has 0 aromatic heterocycles. The minimum absolute atomic E-state index is 0.0449. The number of likely N-dealkylation sites (N-methyl/N-ethyl adjacent to an activating group) is 1. The van der Waals surface area contributed by atoms with Crippen LogP contribution >= 0.6 is 15.9 Å². The summed E-state index contributed by atoms with van der Waals surface area (Å²) in [6, 6.07) is 6.02. The maximum Gasteiger partial charge on any atom is 0.226 e. The molecule has 0 fully saturated rings. The van der Waals surface area contributed by atoms with Crippen molar-refractivity contribution in [2.24, 2.45) is 11.1 Å². The van der Waals surface area contributed by atoms with Crippen LogP contribution in [0.1, 0.15) is 25.0 Å². The average molecular weight is 327 g/mol. The number of amides is 1. The van der Waals surface area contributed by atoms with E-state index in [-0.39, 0.29) is 11.3 Å². The van der Waals surface area contributed by atoms with Gasteiger partial charge in [-0.25, -0.2) is 0 Å². The zero-order valence-corrected chi connectivity index (χ0v) is 13.8. The van der Waals surface area contributed by atoms with E-state index in [4.69, 9.17) is 5.73 Å². The van der Waals surface area contributed by atoms with Gasteiger partial charge in [-0.1, -0.05) is 35.8 Å². The number of hydrogen-bond acceptors (Lipinski definition) is 2. The van der Waals surface area contributed by atoms with Gasteiger partial charge in [0.25, 0.3) is 0 Å². The second-order valence-electron chi connectivity index (χ2n) is 5.87. The van der Waals surface area contributed by atoms with E-state index in [9.17, 15) is 4.79 Å². The molecule has 0 aliphatic carbocycles. The fraction of sp³-hybridized carbons (Fsp3) is 0.533. The number of hydrogen-bond donors (Lipinski definition) is 1. The molecule has 3 nitrogen and oxygen atoms in total. The second-order valence-corrected chi connectivity index (χ2v) is 6.78. The Labute approximate surface area is 124 Å². The summed E-state index contributed by atoms with van der Waals surface area (Å²) in [7, 11) is 1.84. The van der Waals surface area contributed by atoms with Gasteiger partial charge in [0.15, 0.2) is 0 Å². The Morgan fingerprint density at radius 2 is 2.05 bits per heavy atom. The van der Waals surface area contributed by atoms with Crippen LogP contribution in [0.25, 0.3) is 0 Å². The van der Waals surface area contributed by atoms with Crippen LogP contribution in [0.4, 0.5) is 0 Å². The third-order valence-electron chi connectivity index (χ3n) is 3.30. The highest BCUT2D eigenvalue weighted by molar-refractivity contribution is 9.10. The molecule has 1 rings (SSSR count). The first kappa shape index (κ1) is 16.2. The van der Waals surface area contributed by atoms with Crippen LogP contribution in [-0.4, -0.2) is 30.9 Å². The van der Waals surface area contributed by atoms with Crippen molar-refractivity contribution in [3.8, 4) is 0 Å². The van der Waals surface area contributed by atoms with E-state index in [0.717, 1.165) is 15.6 Å². The monoisotopic (exact) mass is 326 g/mol. The smallest absolute Gasteiger partial charge is 0.226 e. The SMILES string of the molecule is Cc1ccc(Br)cc1CC(=O)N(C)CC(C)(C)CN. The molecular weight excluding hydrogens is 304 g/mol. The van der Waals surface area contributed by atoms with Crippen LogP contribution in [0.5, 0.6) is 0 Å². The molecule has 0 bridgehead atoms. The Kier molecular flexibility index (Phi) is 5.56. The maximum atomic E-state index is 12.2. The van der Waals surface area contributed by atoms with E-state index < -0.39 is 0 Å². The number of aryl methyl sites for hydroxylation is 1. The van der Waals surface area contributed by atoms with Crippen molar-refractivity contribution in [3.05, 3.63) is 33.8 Å². The predicted octanol–water partition coefficient (Wildman–Crippen LogP) is 2.74. The Bertz CT molecular complexity index is 457. The first-order valence-corrected chi connectivity index (χ1v) is 7.23. The second kappa shape index (κ2) is 6.53. The van der Waals surface area contributed by atoms with Crippen molar-refractivity contribution in [2.75, 3.05) is 20.1 Å².